The molecule has 140 valence electrons. The van der Waals surface area contributed by atoms with E-state index in [0.29, 0.717) is 38.8 Å². The molecule has 3 rings (SSSR count). The van der Waals surface area contributed by atoms with Gasteiger partial charge in [0.05, 0.1) is 23.2 Å². The topological polar surface area (TPSA) is 68.7 Å². The Bertz CT molecular complexity index is 699. The fourth-order valence-corrected chi connectivity index (χ4v) is 5.05. The number of aryl methyl sites for hydroxylation is 1. The summed E-state index contributed by atoms with van der Waals surface area (Å²) in [6, 6.07) is 5.92. The summed E-state index contributed by atoms with van der Waals surface area (Å²) in [5.41, 5.74) is 1.63. The SMILES string of the molecule is Cc1cccc(COCC[C@H]2CCOC23CN(S(=O)(=O)C(C)C)C3)n1. The minimum Gasteiger partial charge on any atom is -0.375 e. The fourth-order valence-electron chi connectivity index (χ4n) is 3.65. The Hall–Kier alpha value is -1.02. The highest BCUT2D eigenvalue weighted by molar-refractivity contribution is 7.89. The molecule has 2 fully saturated rings. The molecule has 25 heavy (non-hydrogen) atoms. The Kier molecular flexibility index (Phi) is 5.48. The summed E-state index contributed by atoms with van der Waals surface area (Å²) in [5.74, 6) is 0.358. The third-order valence-electron chi connectivity index (χ3n) is 5.25. The molecular weight excluding hydrogens is 340 g/mol. The van der Waals surface area contributed by atoms with Crippen molar-refractivity contribution >= 4 is 10.0 Å². The van der Waals surface area contributed by atoms with E-state index in [4.69, 9.17) is 9.47 Å². The smallest absolute Gasteiger partial charge is 0.216 e. The Morgan fingerprint density at radius 1 is 1.40 bits per heavy atom. The lowest BCUT2D eigenvalue weighted by Gasteiger charge is -2.49. The molecule has 3 heterocycles. The van der Waals surface area contributed by atoms with Gasteiger partial charge < -0.3 is 9.47 Å². The molecule has 1 aromatic rings. The second kappa shape index (κ2) is 7.31. The highest BCUT2D eigenvalue weighted by Crippen LogP contribution is 2.43. The summed E-state index contributed by atoms with van der Waals surface area (Å²) in [4.78, 5) is 4.43. The third-order valence-corrected chi connectivity index (χ3v) is 7.42. The zero-order chi connectivity index (χ0) is 18.1. The first kappa shape index (κ1) is 18.8. The standard InChI is InChI=1S/C18H28N2O4S/c1-14(2)25(21,22)20-12-18(13-20)16(8-10-24-18)7-9-23-11-17-6-4-5-15(3)19-17/h4-6,14,16H,7-13H2,1-3H3/t16-/m0/s1. The highest BCUT2D eigenvalue weighted by Gasteiger charge is 2.56. The monoisotopic (exact) mass is 368 g/mol. The fraction of sp³-hybridized carbons (Fsp3) is 0.722. The maximum Gasteiger partial charge on any atom is 0.216 e. The van der Waals surface area contributed by atoms with Crippen LogP contribution in [0.15, 0.2) is 18.2 Å². The average molecular weight is 368 g/mol. The Morgan fingerprint density at radius 2 is 2.16 bits per heavy atom. The molecule has 0 radical (unpaired) electrons. The van der Waals surface area contributed by atoms with Crippen LogP contribution < -0.4 is 0 Å². The van der Waals surface area contributed by atoms with Crippen LogP contribution in [0.3, 0.4) is 0 Å². The van der Waals surface area contributed by atoms with Crippen molar-refractivity contribution in [3.8, 4) is 0 Å². The van der Waals surface area contributed by atoms with E-state index in [1.54, 1.807) is 18.2 Å². The van der Waals surface area contributed by atoms with Gasteiger partial charge in [-0.05, 0) is 51.7 Å². The van der Waals surface area contributed by atoms with Crippen LogP contribution in [0.2, 0.25) is 0 Å². The molecule has 0 saturated carbocycles. The Morgan fingerprint density at radius 3 is 2.84 bits per heavy atom. The normalized spacial score (nSPS) is 23.3. The van der Waals surface area contributed by atoms with Crippen LogP contribution in [0.25, 0.3) is 0 Å². The lowest BCUT2D eigenvalue weighted by atomic mass is 9.80. The van der Waals surface area contributed by atoms with Crippen molar-refractivity contribution in [1.82, 2.24) is 9.29 Å². The van der Waals surface area contributed by atoms with Gasteiger partial charge in [-0.2, -0.15) is 4.31 Å². The first-order valence-electron chi connectivity index (χ1n) is 8.97. The van der Waals surface area contributed by atoms with Gasteiger partial charge in [-0.25, -0.2) is 8.42 Å². The van der Waals surface area contributed by atoms with E-state index in [9.17, 15) is 8.42 Å². The summed E-state index contributed by atoms with van der Waals surface area (Å²) in [7, 11) is -3.18. The molecule has 1 atom stereocenters. The predicted molar refractivity (Wildman–Crippen MR) is 95.7 cm³/mol. The summed E-state index contributed by atoms with van der Waals surface area (Å²) >= 11 is 0. The lowest BCUT2D eigenvalue weighted by molar-refractivity contribution is -0.106. The quantitative estimate of drug-likeness (QED) is 0.690. The summed E-state index contributed by atoms with van der Waals surface area (Å²) in [6.45, 7) is 8.24. The first-order chi connectivity index (χ1) is 11.8. The molecule has 0 aromatic carbocycles. The van der Waals surface area contributed by atoms with E-state index < -0.39 is 10.0 Å². The molecule has 2 aliphatic rings. The van der Waals surface area contributed by atoms with Gasteiger partial charge in [0.1, 0.15) is 0 Å². The maximum atomic E-state index is 12.2. The summed E-state index contributed by atoms with van der Waals surface area (Å²) in [6.07, 6.45) is 1.86. The lowest BCUT2D eigenvalue weighted by Crippen LogP contribution is -2.66. The molecule has 6 nitrogen and oxygen atoms in total. The van der Waals surface area contributed by atoms with Crippen molar-refractivity contribution in [2.45, 2.75) is 51.1 Å². The second-order valence-corrected chi connectivity index (χ2v) is 9.86. The summed E-state index contributed by atoms with van der Waals surface area (Å²) in [5, 5.41) is -0.380. The largest absolute Gasteiger partial charge is 0.375 e. The number of hydrogen-bond donors (Lipinski definition) is 0. The maximum absolute atomic E-state index is 12.2. The molecule has 0 bridgehead atoms. The molecule has 1 aromatic heterocycles. The van der Waals surface area contributed by atoms with Crippen molar-refractivity contribution in [3.63, 3.8) is 0 Å². The van der Waals surface area contributed by atoms with E-state index in [1.165, 1.54) is 0 Å². The van der Waals surface area contributed by atoms with Crippen molar-refractivity contribution in [1.29, 1.82) is 0 Å². The highest BCUT2D eigenvalue weighted by atomic mass is 32.2. The zero-order valence-electron chi connectivity index (χ0n) is 15.3. The molecule has 2 saturated heterocycles. The van der Waals surface area contributed by atoms with Crippen LogP contribution in [0.4, 0.5) is 0 Å². The molecule has 0 aliphatic carbocycles. The van der Waals surface area contributed by atoms with Crippen molar-refractivity contribution in [2.75, 3.05) is 26.3 Å². The van der Waals surface area contributed by atoms with Crippen LogP contribution >= 0.6 is 0 Å². The van der Waals surface area contributed by atoms with Crippen LogP contribution in [0.1, 0.15) is 38.1 Å². The van der Waals surface area contributed by atoms with Crippen LogP contribution in [0, 0.1) is 12.8 Å². The van der Waals surface area contributed by atoms with Crippen molar-refractivity contribution in [2.24, 2.45) is 5.92 Å². The van der Waals surface area contributed by atoms with Gasteiger partial charge in [-0.1, -0.05) is 6.07 Å². The number of ether oxygens (including phenoxy) is 2. The van der Waals surface area contributed by atoms with Gasteiger partial charge in [0.25, 0.3) is 0 Å². The second-order valence-electron chi connectivity index (χ2n) is 7.37. The molecule has 0 amide bonds. The van der Waals surface area contributed by atoms with Crippen LogP contribution in [-0.4, -0.2) is 54.9 Å². The van der Waals surface area contributed by atoms with Crippen molar-refractivity contribution in [3.05, 3.63) is 29.6 Å². The van der Waals surface area contributed by atoms with Gasteiger partial charge in [-0.3, -0.25) is 4.98 Å². The van der Waals surface area contributed by atoms with Crippen LogP contribution in [0.5, 0.6) is 0 Å². The van der Waals surface area contributed by atoms with Crippen LogP contribution in [-0.2, 0) is 26.1 Å². The predicted octanol–water partition coefficient (Wildman–Crippen LogP) is 2.13. The van der Waals surface area contributed by atoms with Gasteiger partial charge in [-0.15, -0.1) is 0 Å². The van der Waals surface area contributed by atoms with E-state index in [-0.39, 0.29) is 10.9 Å². The Labute approximate surface area is 150 Å². The minimum absolute atomic E-state index is 0.299. The molecule has 2 aliphatic heterocycles. The van der Waals surface area contributed by atoms with E-state index >= 15 is 0 Å². The van der Waals surface area contributed by atoms with Gasteiger partial charge in [0.2, 0.25) is 10.0 Å². The van der Waals surface area contributed by atoms with Gasteiger partial charge in [0, 0.05) is 32.0 Å². The average Bonchev–Trinajstić information content (AvgIpc) is 2.94. The molecule has 7 heteroatoms. The van der Waals surface area contributed by atoms with E-state index in [1.807, 2.05) is 25.1 Å². The van der Waals surface area contributed by atoms with E-state index in [0.717, 1.165) is 24.2 Å². The molecule has 0 N–H and O–H groups in total. The van der Waals surface area contributed by atoms with Gasteiger partial charge >= 0.3 is 0 Å². The number of hydrogen-bond acceptors (Lipinski definition) is 5. The number of nitrogens with zero attached hydrogens (tertiary/aromatic N) is 2. The zero-order valence-corrected chi connectivity index (χ0v) is 16.1. The number of aromatic nitrogens is 1. The number of rotatable bonds is 7. The first-order valence-corrected chi connectivity index (χ1v) is 10.5. The minimum atomic E-state index is -3.18. The molecule has 1 spiro atoms. The van der Waals surface area contributed by atoms with Gasteiger partial charge in [0.15, 0.2) is 0 Å². The molecule has 0 unspecified atom stereocenters. The van der Waals surface area contributed by atoms with E-state index in [2.05, 4.69) is 4.98 Å². The third kappa shape index (κ3) is 3.89. The number of sulfonamides is 1. The summed E-state index contributed by atoms with van der Waals surface area (Å²) < 4.78 is 37.8. The molecular formula is C18H28N2O4S. The Balaban J connectivity index is 1.47. The number of pyridine rings is 1. The van der Waals surface area contributed by atoms with Crippen molar-refractivity contribution < 1.29 is 17.9 Å².